The van der Waals surface area contributed by atoms with Gasteiger partial charge in [-0.25, -0.2) is 0 Å². The molecule has 1 unspecified atom stereocenters. The second kappa shape index (κ2) is 6.78. The van der Waals surface area contributed by atoms with E-state index in [1.54, 1.807) is 0 Å². The van der Waals surface area contributed by atoms with Gasteiger partial charge in [-0.3, -0.25) is 0 Å². The van der Waals surface area contributed by atoms with Crippen LogP contribution in [0.5, 0.6) is 0 Å². The Morgan fingerprint density at radius 2 is 1.88 bits per heavy atom. The third-order valence-corrected chi connectivity index (χ3v) is 3.62. The Morgan fingerprint density at radius 1 is 1.19 bits per heavy atom. The molecule has 0 spiro atoms. The first-order valence-electron chi connectivity index (χ1n) is 6.76. The maximum absolute atomic E-state index is 2.38. The largest absolute Gasteiger partial charge is 0.374 e. The fourth-order valence-corrected chi connectivity index (χ4v) is 2.21. The van der Waals surface area contributed by atoms with E-state index in [1.165, 1.54) is 49.7 Å². The van der Waals surface area contributed by atoms with E-state index in [4.69, 9.17) is 0 Å². The lowest BCUT2D eigenvalue weighted by molar-refractivity contribution is 0.381. The van der Waals surface area contributed by atoms with E-state index in [-0.39, 0.29) is 0 Å². The van der Waals surface area contributed by atoms with Crippen LogP contribution >= 0.6 is 0 Å². The van der Waals surface area contributed by atoms with Crippen molar-refractivity contribution in [3.8, 4) is 0 Å². The fraction of sp³-hybridized carbons (Fsp3) is 0.733. The number of nitrogens with zero attached hydrogens (tertiary/aromatic N) is 1. The van der Waals surface area contributed by atoms with E-state index in [0.29, 0.717) is 6.04 Å². The second-order valence-electron chi connectivity index (χ2n) is 5.10. The van der Waals surface area contributed by atoms with Gasteiger partial charge in [0.15, 0.2) is 0 Å². The second-order valence-corrected chi connectivity index (χ2v) is 5.10. The highest BCUT2D eigenvalue weighted by Crippen LogP contribution is 2.22. The number of allylic oxidation sites excluding steroid dienone is 2. The monoisotopic (exact) mass is 221 g/mol. The Hall–Kier alpha value is -0.720. The van der Waals surface area contributed by atoms with Crippen LogP contribution in [0.15, 0.2) is 23.4 Å². The maximum Gasteiger partial charge on any atom is 0.0465 e. The van der Waals surface area contributed by atoms with Gasteiger partial charge in [-0.05, 0) is 32.3 Å². The van der Waals surface area contributed by atoms with Crippen molar-refractivity contribution in [1.29, 1.82) is 0 Å². The average molecular weight is 221 g/mol. The molecule has 1 rings (SSSR count). The summed E-state index contributed by atoms with van der Waals surface area (Å²) in [5.41, 5.74) is 3.00. The van der Waals surface area contributed by atoms with Crippen LogP contribution in [0.4, 0.5) is 0 Å². The molecule has 0 aliphatic carbocycles. The summed E-state index contributed by atoms with van der Waals surface area (Å²) < 4.78 is 0. The van der Waals surface area contributed by atoms with Crippen molar-refractivity contribution in [2.75, 3.05) is 7.05 Å². The van der Waals surface area contributed by atoms with Crippen LogP contribution in [0.3, 0.4) is 0 Å². The predicted molar refractivity (Wildman–Crippen MR) is 72.4 cm³/mol. The molecule has 0 aromatic carbocycles. The van der Waals surface area contributed by atoms with Crippen molar-refractivity contribution in [2.45, 2.75) is 65.3 Å². The molecular weight excluding hydrogens is 194 g/mol. The molecule has 1 atom stereocenters. The number of likely N-dealkylation sites (N-methyl/N-ethyl adjacent to an activating group) is 1. The molecule has 1 heterocycles. The zero-order valence-corrected chi connectivity index (χ0v) is 11.4. The molecule has 1 nitrogen and oxygen atoms in total. The third-order valence-electron chi connectivity index (χ3n) is 3.62. The molecule has 0 bridgehead atoms. The molecule has 0 saturated carbocycles. The molecule has 0 aromatic rings. The molecular formula is C15H27N. The van der Waals surface area contributed by atoms with Crippen molar-refractivity contribution >= 4 is 0 Å². The van der Waals surface area contributed by atoms with Crippen molar-refractivity contribution in [3.63, 3.8) is 0 Å². The molecule has 0 fully saturated rings. The third kappa shape index (κ3) is 4.03. The van der Waals surface area contributed by atoms with Crippen molar-refractivity contribution in [3.05, 3.63) is 23.4 Å². The number of hydrogen-bond donors (Lipinski definition) is 0. The summed E-state index contributed by atoms with van der Waals surface area (Å²) in [5.74, 6) is 0. The highest BCUT2D eigenvalue weighted by molar-refractivity contribution is 5.29. The molecule has 0 amide bonds. The van der Waals surface area contributed by atoms with Crippen LogP contribution in [0.2, 0.25) is 0 Å². The van der Waals surface area contributed by atoms with Crippen LogP contribution in [0.1, 0.15) is 59.3 Å². The number of rotatable bonds is 6. The minimum Gasteiger partial charge on any atom is -0.374 e. The minimum atomic E-state index is 0.573. The molecule has 0 radical (unpaired) electrons. The van der Waals surface area contributed by atoms with E-state index in [0.717, 1.165) is 0 Å². The summed E-state index contributed by atoms with van der Waals surface area (Å²) in [4.78, 5) is 2.33. The van der Waals surface area contributed by atoms with E-state index in [9.17, 15) is 0 Å². The SMILES string of the molecule is CCCCCCCC1=CN(C)C(C)C(C)=C1. The van der Waals surface area contributed by atoms with Gasteiger partial charge < -0.3 is 4.90 Å². The summed E-state index contributed by atoms with van der Waals surface area (Å²) >= 11 is 0. The molecule has 1 heteroatoms. The van der Waals surface area contributed by atoms with Crippen LogP contribution < -0.4 is 0 Å². The van der Waals surface area contributed by atoms with E-state index in [1.807, 2.05) is 0 Å². The lowest BCUT2D eigenvalue weighted by Crippen LogP contribution is -2.27. The van der Waals surface area contributed by atoms with Crippen LogP contribution in [0.25, 0.3) is 0 Å². The highest BCUT2D eigenvalue weighted by Gasteiger charge is 2.13. The standard InChI is InChI=1S/C15H27N/c1-5-6-7-8-9-10-15-11-13(2)14(3)16(4)12-15/h11-12,14H,5-10H2,1-4H3. The first-order chi connectivity index (χ1) is 7.65. The summed E-state index contributed by atoms with van der Waals surface area (Å²) in [6, 6.07) is 0.573. The molecule has 1 aliphatic heterocycles. The summed E-state index contributed by atoms with van der Waals surface area (Å²) in [5, 5.41) is 0. The lowest BCUT2D eigenvalue weighted by Gasteiger charge is -2.29. The van der Waals surface area contributed by atoms with Crippen LogP contribution in [0, 0.1) is 0 Å². The topological polar surface area (TPSA) is 3.24 Å². The van der Waals surface area contributed by atoms with Crippen LogP contribution in [-0.4, -0.2) is 18.0 Å². The van der Waals surface area contributed by atoms with Gasteiger partial charge in [0.25, 0.3) is 0 Å². The van der Waals surface area contributed by atoms with Gasteiger partial charge in [-0.1, -0.05) is 44.3 Å². The first-order valence-corrected chi connectivity index (χ1v) is 6.76. The van der Waals surface area contributed by atoms with E-state index >= 15 is 0 Å². The Bertz CT molecular complexity index is 263. The van der Waals surface area contributed by atoms with Gasteiger partial charge in [0.1, 0.15) is 0 Å². The smallest absolute Gasteiger partial charge is 0.0465 e. The molecule has 16 heavy (non-hydrogen) atoms. The summed E-state index contributed by atoms with van der Waals surface area (Å²) in [6.07, 6.45) is 12.8. The van der Waals surface area contributed by atoms with E-state index in [2.05, 4.69) is 45.0 Å². The zero-order chi connectivity index (χ0) is 12.0. The average Bonchev–Trinajstić information content (AvgIpc) is 2.25. The minimum absolute atomic E-state index is 0.573. The maximum atomic E-state index is 2.38. The van der Waals surface area contributed by atoms with Gasteiger partial charge in [-0.15, -0.1) is 0 Å². The zero-order valence-electron chi connectivity index (χ0n) is 11.4. The lowest BCUT2D eigenvalue weighted by atomic mass is 9.98. The Balaban J connectivity index is 2.30. The van der Waals surface area contributed by atoms with Gasteiger partial charge in [-0.2, -0.15) is 0 Å². The molecule has 92 valence electrons. The van der Waals surface area contributed by atoms with Gasteiger partial charge in [0, 0.05) is 19.3 Å². The predicted octanol–water partition coefficient (Wildman–Crippen LogP) is 4.51. The fourth-order valence-electron chi connectivity index (χ4n) is 2.21. The van der Waals surface area contributed by atoms with Crippen LogP contribution in [-0.2, 0) is 0 Å². The van der Waals surface area contributed by atoms with Crippen molar-refractivity contribution in [2.24, 2.45) is 0 Å². The van der Waals surface area contributed by atoms with Gasteiger partial charge in [0.2, 0.25) is 0 Å². The Labute approximate surface area is 101 Å². The van der Waals surface area contributed by atoms with Gasteiger partial charge in [0.05, 0.1) is 0 Å². The van der Waals surface area contributed by atoms with E-state index < -0.39 is 0 Å². The molecule has 0 aromatic heterocycles. The molecule has 1 aliphatic rings. The Morgan fingerprint density at radius 3 is 2.50 bits per heavy atom. The summed E-state index contributed by atoms with van der Waals surface area (Å²) in [7, 11) is 2.18. The summed E-state index contributed by atoms with van der Waals surface area (Å²) in [6.45, 7) is 6.78. The van der Waals surface area contributed by atoms with Crippen molar-refractivity contribution < 1.29 is 0 Å². The normalized spacial score (nSPS) is 20.8. The Kier molecular flexibility index (Phi) is 5.65. The number of hydrogen-bond acceptors (Lipinski definition) is 1. The molecule has 0 saturated heterocycles. The highest BCUT2D eigenvalue weighted by atomic mass is 15.1. The van der Waals surface area contributed by atoms with Crippen molar-refractivity contribution in [1.82, 2.24) is 4.90 Å². The molecule has 0 N–H and O–H groups in total. The first kappa shape index (κ1) is 13.3. The quantitative estimate of drug-likeness (QED) is 0.596. The van der Waals surface area contributed by atoms with Gasteiger partial charge >= 0.3 is 0 Å². The number of unbranched alkanes of at least 4 members (excludes halogenated alkanes) is 4.